The normalized spacial score (nSPS) is 10.2. The second-order valence-corrected chi connectivity index (χ2v) is 2.24. The van der Waals surface area contributed by atoms with Crippen LogP contribution < -0.4 is 0 Å². The maximum absolute atomic E-state index is 10.4. The van der Waals surface area contributed by atoms with Crippen LogP contribution >= 0.6 is 0 Å². The fraction of sp³-hybridized carbons (Fsp3) is 0. The van der Waals surface area contributed by atoms with Gasteiger partial charge in [-0.15, -0.1) is 0 Å². The first kappa shape index (κ1) is 7.53. The molecule has 0 aliphatic rings. The summed E-state index contributed by atoms with van der Waals surface area (Å²) in [4.78, 5) is 14.0. The van der Waals surface area contributed by atoms with E-state index in [1.165, 1.54) is 12.5 Å². The lowest BCUT2D eigenvalue weighted by atomic mass is 10.3. The highest BCUT2D eigenvalue weighted by atomic mass is 16.5. The summed E-state index contributed by atoms with van der Waals surface area (Å²) in [6.45, 7) is 0. The lowest BCUT2D eigenvalue weighted by Crippen LogP contribution is -1.98. The molecule has 0 aliphatic heterocycles. The van der Waals surface area contributed by atoms with Gasteiger partial charge in [-0.25, -0.2) is 4.79 Å². The van der Waals surface area contributed by atoms with Crippen molar-refractivity contribution in [3.8, 4) is 11.5 Å². The molecule has 0 unspecified atom stereocenters. The fourth-order valence-corrected chi connectivity index (χ4v) is 0.814. The van der Waals surface area contributed by atoms with Gasteiger partial charge in [0.2, 0.25) is 0 Å². The number of aromatic carboxylic acids is 1. The molecule has 0 aromatic carbocycles. The van der Waals surface area contributed by atoms with Gasteiger partial charge in [-0.2, -0.15) is 4.98 Å². The summed E-state index contributed by atoms with van der Waals surface area (Å²) in [5.41, 5.74) is 0.556. The average molecular weight is 180 g/mol. The summed E-state index contributed by atoms with van der Waals surface area (Å²) in [6, 6.07) is 1.60. The molecule has 0 saturated carbocycles. The number of hydrogen-bond donors (Lipinski definition) is 1. The van der Waals surface area contributed by atoms with Crippen molar-refractivity contribution in [1.82, 2.24) is 10.1 Å². The number of nitrogens with zero attached hydrogens (tertiary/aromatic N) is 2. The Labute approximate surface area is 71.8 Å². The molecule has 6 nitrogen and oxygen atoms in total. The topological polar surface area (TPSA) is 89.4 Å². The third-order valence-corrected chi connectivity index (χ3v) is 1.39. The van der Waals surface area contributed by atoms with E-state index in [0.717, 1.165) is 0 Å². The van der Waals surface area contributed by atoms with Gasteiger partial charge >= 0.3 is 5.97 Å². The standard InChI is InChI=1S/C7H4N2O4/c10-7(11)5-8-6(13-9-5)4-1-2-12-3-4/h1-3H,(H,10,11). The van der Waals surface area contributed by atoms with E-state index in [1.54, 1.807) is 6.07 Å². The molecule has 0 atom stereocenters. The van der Waals surface area contributed by atoms with Gasteiger partial charge in [0, 0.05) is 0 Å². The van der Waals surface area contributed by atoms with E-state index in [0.29, 0.717) is 5.56 Å². The van der Waals surface area contributed by atoms with E-state index in [9.17, 15) is 4.79 Å². The van der Waals surface area contributed by atoms with Gasteiger partial charge in [0.25, 0.3) is 11.7 Å². The third-order valence-electron chi connectivity index (χ3n) is 1.39. The molecule has 0 spiro atoms. The molecule has 2 rings (SSSR count). The van der Waals surface area contributed by atoms with Crippen LogP contribution in [0.15, 0.2) is 27.5 Å². The van der Waals surface area contributed by atoms with Gasteiger partial charge in [0.05, 0.1) is 11.8 Å². The monoisotopic (exact) mass is 180 g/mol. The van der Waals surface area contributed by atoms with Crippen LogP contribution in [-0.2, 0) is 0 Å². The highest BCUT2D eigenvalue weighted by Gasteiger charge is 2.14. The minimum Gasteiger partial charge on any atom is -0.475 e. The first-order chi connectivity index (χ1) is 6.27. The number of hydrogen-bond acceptors (Lipinski definition) is 5. The Morgan fingerprint density at radius 2 is 2.38 bits per heavy atom. The Morgan fingerprint density at radius 1 is 1.54 bits per heavy atom. The molecule has 0 radical (unpaired) electrons. The zero-order valence-corrected chi connectivity index (χ0v) is 6.30. The zero-order chi connectivity index (χ0) is 9.26. The Balaban J connectivity index is 2.39. The Kier molecular flexibility index (Phi) is 1.59. The van der Waals surface area contributed by atoms with Gasteiger partial charge in [0.1, 0.15) is 6.26 Å². The molecule has 2 aromatic heterocycles. The average Bonchev–Trinajstić information content (AvgIpc) is 2.75. The molecule has 0 aliphatic carbocycles. The highest BCUT2D eigenvalue weighted by Crippen LogP contribution is 2.16. The first-order valence-corrected chi connectivity index (χ1v) is 3.37. The van der Waals surface area contributed by atoms with Crippen LogP contribution in [0.25, 0.3) is 11.5 Å². The van der Waals surface area contributed by atoms with Crippen molar-refractivity contribution in [1.29, 1.82) is 0 Å². The smallest absolute Gasteiger partial charge is 0.377 e. The van der Waals surface area contributed by atoms with Crippen LogP contribution in [-0.4, -0.2) is 21.2 Å². The molecule has 66 valence electrons. The van der Waals surface area contributed by atoms with Crippen LogP contribution in [0.5, 0.6) is 0 Å². The third kappa shape index (κ3) is 1.28. The summed E-state index contributed by atoms with van der Waals surface area (Å²) < 4.78 is 9.43. The minimum absolute atomic E-state index is 0.131. The highest BCUT2D eigenvalue weighted by molar-refractivity contribution is 5.83. The molecule has 2 heterocycles. The fourth-order valence-electron chi connectivity index (χ4n) is 0.814. The Morgan fingerprint density at radius 3 is 2.92 bits per heavy atom. The molecule has 2 aromatic rings. The zero-order valence-electron chi connectivity index (χ0n) is 6.30. The maximum Gasteiger partial charge on any atom is 0.377 e. The van der Waals surface area contributed by atoms with Crippen LogP contribution in [0.4, 0.5) is 0 Å². The lowest BCUT2D eigenvalue weighted by molar-refractivity contribution is 0.0680. The van der Waals surface area contributed by atoms with Gasteiger partial charge in [-0.05, 0) is 11.2 Å². The molecule has 0 fully saturated rings. The second kappa shape index (κ2) is 2.74. The number of carboxylic acid groups (broad SMARTS) is 1. The number of aromatic nitrogens is 2. The molecular weight excluding hydrogens is 176 g/mol. The van der Waals surface area contributed by atoms with Crippen molar-refractivity contribution >= 4 is 5.97 Å². The maximum atomic E-state index is 10.4. The number of carboxylic acids is 1. The van der Waals surface area contributed by atoms with Gasteiger partial charge in [-0.1, -0.05) is 0 Å². The summed E-state index contributed by atoms with van der Waals surface area (Å²) in [5.74, 6) is -1.46. The predicted octanol–water partition coefficient (Wildman–Crippen LogP) is 1.03. The molecule has 0 bridgehead atoms. The molecule has 0 amide bonds. The van der Waals surface area contributed by atoms with Crippen LogP contribution in [0.3, 0.4) is 0 Å². The quantitative estimate of drug-likeness (QED) is 0.742. The number of rotatable bonds is 2. The van der Waals surface area contributed by atoms with Crippen LogP contribution in [0.2, 0.25) is 0 Å². The van der Waals surface area contributed by atoms with Crippen molar-refractivity contribution in [3.63, 3.8) is 0 Å². The van der Waals surface area contributed by atoms with Crippen molar-refractivity contribution in [2.75, 3.05) is 0 Å². The molecule has 6 heteroatoms. The second-order valence-electron chi connectivity index (χ2n) is 2.24. The van der Waals surface area contributed by atoms with Crippen LogP contribution in [0.1, 0.15) is 10.6 Å². The summed E-state index contributed by atoms with van der Waals surface area (Å²) >= 11 is 0. The Hall–Kier alpha value is -2.11. The molecule has 13 heavy (non-hydrogen) atoms. The first-order valence-electron chi connectivity index (χ1n) is 3.37. The molecule has 1 N–H and O–H groups in total. The van der Waals surface area contributed by atoms with E-state index < -0.39 is 5.97 Å². The van der Waals surface area contributed by atoms with Gasteiger partial charge in [-0.3, -0.25) is 0 Å². The van der Waals surface area contributed by atoms with E-state index >= 15 is 0 Å². The minimum atomic E-state index is -1.22. The molecule has 0 saturated heterocycles. The number of furan rings is 1. The van der Waals surface area contributed by atoms with Crippen molar-refractivity contribution in [2.24, 2.45) is 0 Å². The summed E-state index contributed by atoms with van der Waals surface area (Å²) in [5, 5.41) is 11.7. The number of carbonyl (C=O) groups is 1. The SMILES string of the molecule is O=C(O)c1noc(-c2ccoc2)n1. The van der Waals surface area contributed by atoms with Crippen LogP contribution in [0, 0.1) is 0 Å². The summed E-state index contributed by atoms with van der Waals surface area (Å²) in [7, 11) is 0. The van der Waals surface area contributed by atoms with E-state index in [4.69, 9.17) is 9.52 Å². The summed E-state index contributed by atoms with van der Waals surface area (Å²) in [6.07, 6.45) is 2.82. The van der Waals surface area contributed by atoms with Crippen molar-refractivity contribution in [2.45, 2.75) is 0 Å². The van der Waals surface area contributed by atoms with Gasteiger partial charge in [0.15, 0.2) is 0 Å². The van der Waals surface area contributed by atoms with Crippen molar-refractivity contribution in [3.05, 3.63) is 24.4 Å². The van der Waals surface area contributed by atoms with E-state index in [1.807, 2.05) is 0 Å². The predicted molar refractivity (Wildman–Crippen MR) is 39.0 cm³/mol. The van der Waals surface area contributed by atoms with Gasteiger partial charge < -0.3 is 14.0 Å². The Bertz CT molecular complexity index is 417. The largest absolute Gasteiger partial charge is 0.475 e. The molecular formula is C7H4N2O4. The van der Waals surface area contributed by atoms with Crippen molar-refractivity contribution < 1.29 is 18.8 Å². The van der Waals surface area contributed by atoms with E-state index in [2.05, 4.69) is 14.7 Å². The lowest BCUT2D eigenvalue weighted by Gasteiger charge is -1.80. The van der Waals surface area contributed by atoms with E-state index in [-0.39, 0.29) is 11.7 Å².